The van der Waals surface area contributed by atoms with Crippen LogP contribution in [0.4, 0.5) is 0 Å². The number of carbonyl (C=O) groups is 1. The summed E-state index contributed by atoms with van der Waals surface area (Å²) in [5.74, 6) is 1.22. The highest BCUT2D eigenvalue weighted by atomic mass is 79.9. The number of rotatable bonds is 3. The van der Waals surface area contributed by atoms with Crippen molar-refractivity contribution >= 4 is 56.2 Å². The largest absolute Gasteiger partial charge is 0.457 e. The summed E-state index contributed by atoms with van der Waals surface area (Å²) in [4.78, 5) is 12.3. The highest BCUT2D eigenvalue weighted by Gasteiger charge is 2.22. The van der Waals surface area contributed by atoms with Gasteiger partial charge in [0.25, 0.3) is 5.91 Å². The Hall–Kier alpha value is -1.63. The first-order chi connectivity index (χ1) is 10.6. The molecule has 1 saturated heterocycles. The topological polar surface area (TPSA) is 38.3 Å². The summed E-state index contributed by atoms with van der Waals surface area (Å²) < 4.78 is 7.29. The molecule has 2 aromatic rings. The molecule has 1 amide bonds. The second kappa shape index (κ2) is 6.64. The van der Waals surface area contributed by atoms with Crippen LogP contribution in [0.3, 0.4) is 0 Å². The van der Waals surface area contributed by atoms with E-state index in [9.17, 15) is 4.79 Å². The quantitative estimate of drug-likeness (QED) is 0.606. The normalized spacial score (nSPS) is 16.0. The first-order valence-electron chi connectivity index (χ1n) is 6.39. The number of hydrogen-bond acceptors (Lipinski definition) is 4. The molecule has 2 aromatic carbocycles. The van der Waals surface area contributed by atoms with Crippen molar-refractivity contribution in [1.82, 2.24) is 5.32 Å². The molecule has 1 fully saturated rings. The molecular weight excluding hydrogens is 382 g/mol. The van der Waals surface area contributed by atoms with Crippen LogP contribution in [0.25, 0.3) is 6.08 Å². The number of nitrogens with one attached hydrogen (secondary N) is 1. The molecule has 0 bridgehead atoms. The molecule has 22 heavy (non-hydrogen) atoms. The van der Waals surface area contributed by atoms with E-state index in [1.165, 1.54) is 11.8 Å². The number of benzene rings is 2. The Morgan fingerprint density at radius 1 is 1.18 bits per heavy atom. The van der Waals surface area contributed by atoms with Crippen molar-refractivity contribution in [1.29, 1.82) is 0 Å². The number of halogens is 1. The van der Waals surface area contributed by atoms with E-state index in [0.717, 1.165) is 15.8 Å². The van der Waals surface area contributed by atoms with Gasteiger partial charge in [0.1, 0.15) is 15.8 Å². The minimum Gasteiger partial charge on any atom is -0.457 e. The van der Waals surface area contributed by atoms with Crippen LogP contribution in [0.15, 0.2) is 57.9 Å². The zero-order valence-corrected chi connectivity index (χ0v) is 14.4. The van der Waals surface area contributed by atoms with Gasteiger partial charge in [0, 0.05) is 10.0 Å². The molecule has 3 nitrogen and oxygen atoms in total. The Labute approximate surface area is 145 Å². The van der Waals surface area contributed by atoms with E-state index in [2.05, 4.69) is 21.2 Å². The van der Waals surface area contributed by atoms with Crippen LogP contribution < -0.4 is 10.1 Å². The molecule has 1 aliphatic rings. The van der Waals surface area contributed by atoms with Crippen LogP contribution in [0.1, 0.15) is 5.56 Å². The number of thioether (sulfide) groups is 1. The number of para-hydroxylation sites is 1. The molecule has 0 spiro atoms. The number of hydrogen-bond donors (Lipinski definition) is 1. The van der Waals surface area contributed by atoms with Crippen LogP contribution in [0, 0.1) is 0 Å². The fourth-order valence-corrected chi connectivity index (χ4v) is 3.27. The number of thiocarbonyl (C=S) groups is 1. The Morgan fingerprint density at radius 2 is 1.95 bits per heavy atom. The van der Waals surface area contributed by atoms with Crippen LogP contribution in [-0.2, 0) is 4.79 Å². The van der Waals surface area contributed by atoms with E-state index in [1.54, 1.807) is 6.08 Å². The molecule has 0 atom stereocenters. The lowest BCUT2D eigenvalue weighted by Gasteiger charge is -2.09. The van der Waals surface area contributed by atoms with Gasteiger partial charge in [-0.15, -0.1) is 0 Å². The smallest absolute Gasteiger partial charge is 0.263 e. The standard InChI is InChI=1S/C16H10BrNO2S2/c17-11-7-6-10(8-14-15(19)18-16(21)22-14)13(9-11)20-12-4-2-1-3-5-12/h1-9H,(H,18,19,21)/b14-8+. The molecule has 0 aliphatic carbocycles. The minimum absolute atomic E-state index is 0.177. The summed E-state index contributed by atoms with van der Waals surface area (Å²) in [7, 11) is 0. The summed E-state index contributed by atoms with van der Waals surface area (Å²) in [6, 6.07) is 15.2. The highest BCUT2D eigenvalue weighted by molar-refractivity contribution is 9.10. The predicted octanol–water partition coefficient (Wildman–Crippen LogP) is 4.73. The van der Waals surface area contributed by atoms with E-state index in [-0.39, 0.29) is 5.91 Å². The second-order valence-corrected chi connectivity index (χ2v) is 7.08. The average molecular weight is 392 g/mol. The van der Waals surface area contributed by atoms with E-state index in [4.69, 9.17) is 17.0 Å². The lowest BCUT2D eigenvalue weighted by Crippen LogP contribution is -2.17. The van der Waals surface area contributed by atoms with Gasteiger partial charge in [-0.25, -0.2) is 0 Å². The number of amides is 1. The van der Waals surface area contributed by atoms with Gasteiger partial charge in [-0.2, -0.15) is 0 Å². The van der Waals surface area contributed by atoms with Crippen LogP contribution in [0.5, 0.6) is 11.5 Å². The molecule has 6 heteroatoms. The summed E-state index contributed by atoms with van der Waals surface area (Å²) >= 11 is 9.69. The lowest BCUT2D eigenvalue weighted by molar-refractivity contribution is -0.115. The number of ether oxygens (including phenoxy) is 1. The van der Waals surface area contributed by atoms with Crippen molar-refractivity contribution in [3.8, 4) is 11.5 Å². The second-order valence-electron chi connectivity index (χ2n) is 4.45. The van der Waals surface area contributed by atoms with Gasteiger partial charge in [0.2, 0.25) is 0 Å². The van der Waals surface area contributed by atoms with Crippen molar-refractivity contribution in [2.75, 3.05) is 0 Å². The van der Waals surface area contributed by atoms with E-state index < -0.39 is 0 Å². The summed E-state index contributed by atoms with van der Waals surface area (Å²) in [5.41, 5.74) is 0.814. The van der Waals surface area contributed by atoms with E-state index in [1.807, 2.05) is 48.5 Å². The average Bonchev–Trinajstić information content (AvgIpc) is 2.81. The first kappa shape index (κ1) is 15.3. The molecule has 110 valence electrons. The van der Waals surface area contributed by atoms with Crippen LogP contribution in [-0.4, -0.2) is 10.2 Å². The molecule has 1 heterocycles. The first-order valence-corrected chi connectivity index (χ1v) is 8.41. The molecule has 0 unspecified atom stereocenters. The van der Waals surface area contributed by atoms with Crippen LogP contribution >= 0.6 is 39.9 Å². The Bertz CT molecular complexity index is 775. The van der Waals surface area contributed by atoms with Gasteiger partial charge >= 0.3 is 0 Å². The van der Waals surface area contributed by atoms with Crippen molar-refractivity contribution in [3.63, 3.8) is 0 Å². The molecule has 3 rings (SSSR count). The molecule has 0 aromatic heterocycles. The number of carbonyl (C=O) groups excluding carboxylic acids is 1. The maximum absolute atomic E-state index is 11.8. The van der Waals surface area contributed by atoms with E-state index >= 15 is 0 Å². The third-order valence-corrected chi connectivity index (χ3v) is 4.53. The van der Waals surface area contributed by atoms with Gasteiger partial charge in [-0.05, 0) is 30.3 Å². The fourth-order valence-electron chi connectivity index (χ4n) is 1.89. The third-order valence-electron chi connectivity index (χ3n) is 2.88. The molecule has 1 N–H and O–H groups in total. The summed E-state index contributed by atoms with van der Waals surface area (Å²) in [5, 5.41) is 2.60. The Morgan fingerprint density at radius 3 is 2.64 bits per heavy atom. The van der Waals surface area contributed by atoms with Gasteiger partial charge in [0.15, 0.2) is 0 Å². The van der Waals surface area contributed by atoms with E-state index in [0.29, 0.717) is 15.0 Å². The van der Waals surface area contributed by atoms with Crippen molar-refractivity contribution in [2.45, 2.75) is 0 Å². The SMILES string of the molecule is O=C1NC(=S)S/C1=C/c1ccc(Br)cc1Oc1ccccc1. The lowest BCUT2D eigenvalue weighted by atomic mass is 10.2. The van der Waals surface area contributed by atoms with Gasteiger partial charge < -0.3 is 10.1 Å². The fraction of sp³-hybridized carbons (Fsp3) is 0. The Balaban J connectivity index is 1.96. The van der Waals surface area contributed by atoms with Gasteiger partial charge in [-0.3, -0.25) is 4.79 Å². The Kier molecular flexibility index (Phi) is 4.61. The van der Waals surface area contributed by atoms with Gasteiger partial charge in [-0.1, -0.05) is 64.2 Å². The summed E-state index contributed by atoms with van der Waals surface area (Å²) in [6.45, 7) is 0. The monoisotopic (exact) mass is 391 g/mol. The molecule has 0 saturated carbocycles. The maximum atomic E-state index is 11.8. The maximum Gasteiger partial charge on any atom is 0.263 e. The van der Waals surface area contributed by atoms with Crippen molar-refractivity contribution < 1.29 is 9.53 Å². The molecular formula is C16H10BrNO2S2. The molecule has 1 aliphatic heterocycles. The zero-order valence-electron chi connectivity index (χ0n) is 11.2. The third kappa shape index (κ3) is 3.58. The highest BCUT2D eigenvalue weighted by Crippen LogP contribution is 2.33. The minimum atomic E-state index is -0.177. The van der Waals surface area contributed by atoms with Crippen molar-refractivity contribution in [2.24, 2.45) is 0 Å². The molecule has 0 radical (unpaired) electrons. The van der Waals surface area contributed by atoms with Crippen LogP contribution in [0.2, 0.25) is 0 Å². The zero-order chi connectivity index (χ0) is 15.5. The van der Waals surface area contributed by atoms with Gasteiger partial charge in [0.05, 0.1) is 4.91 Å². The predicted molar refractivity (Wildman–Crippen MR) is 97.0 cm³/mol. The van der Waals surface area contributed by atoms with Crippen molar-refractivity contribution in [3.05, 3.63) is 63.5 Å². The summed E-state index contributed by atoms with van der Waals surface area (Å²) in [6.07, 6.45) is 1.78.